The topological polar surface area (TPSA) is 78.5 Å². The first kappa shape index (κ1) is 60.4. The Morgan fingerprint density at radius 2 is 1.07 bits per heavy atom. The number of aromatic amines is 1. The van der Waals surface area contributed by atoms with Gasteiger partial charge >= 0.3 is 0 Å². The Labute approximate surface area is 410 Å². The van der Waals surface area contributed by atoms with Gasteiger partial charge in [-0.25, -0.2) is 9.97 Å². The number of hydrogen-bond acceptors (Lipinski definition) is 6. The molecule has 2 fully saturated rings. The number of H-pyrrole nitrogens is 1. The van der Waals surface area contributed by atoms with Gasteiger partial charge in [-0.1, -0.05) is 190 Å². The fourth-order valence-corrected chi connectivity index (χ4v) is 7.20. The summed E-state index contributed by atoms with van der Waals surface area (Å²) in [6.07, 6.45) is 14.1. The Hall–Kier alpha value is -4.62. The van der Waals surface area contributed by atoms with Crippen molar-refractivity contribution < 1.29 is 18.9 Å². The van der Waals surface area contributed by atoms with Crippen molar-refractivity contribution in [3.05, 3.63) is 138 Å². The summed E-state index contributed by atoms with van der Waals surface area (Å²) in [7, 11) is 5.01. The van der Waals surface area contributed by atoms with Gasteiger partial charge in [0.05, 0.1) is 33.8 Å². The zero-order valence-electron chi connectivity index (χ0n) is 45.3. The van der Waals surface area contributed by atoms with Crippen LogP contribution in [0.4, 0.5) is 0 Å². The molecule has 0 spiro atoms. The van der Waals surface area contributed by atoms with Crippen LogP contribution >= 0.6 is 0 Å². The van der Waals surface area contributed by atoms with Gasteiger partial charge in [0.15, 0.2) is 0 Å². The minimum absolute atomic E-state index is 0.463. The van der Waals surface area contributed by atoms with Crippen LogP contribution in [0.2, 0.25) is 0 Å². The average molecular weight is 922 g/mol. The van der Waals surface area contributed by atoms with Gasteiger partial charge in [0, 0.05) is 30.3 Å². The summed E-state index contributed by atoms with van der Waals surface area (Å²) in [5.74, 6) is 8.13. The lowest BCUT2D eigenvalue weighted by Gasteiger charge is -2.24. The molecule has 1 unspecified atom stereocenters. The van der Waals surface area contributed by atoms with Crippen molar-refractivity contribution in [2.24, 2.45) is 17.8 Å². The molecule has 374 valence electrons. The van der Waals surface area contributed by atoms with E-state index in [2.05, 4.69) is 160 Å². The number of aromatic nitrogens is 3. The molecule has 2 aliphatic rings. The SMILES string of the molecule is CC(C)C1CCCCC1.CC(C)C1CCCO1.CC(C)c1ccccc1.CC(C)c1cnc[nH]1.COc1ccc(C(C)C)cc1.COc1cccc(C(C)C)c1.COc1cccc(C(C)C)n1. The molecule has 1 aliphatic carbocycles. The smallest absolute Gasteiger partial charge is 0.213 e. The Kier molecular flexibility index (Phi) is 32.0. The van der Waals surface area contributed by atoms with Crippen LogP contribution in [-0.4, -0.2) is 49.0 Å². The van der Waals surface area contributed by atoms with Crippen molar-refractivity contribution in [2.45, 2.75) is 178 Å². The predicted molar refractivity (Wildman–Crippen MR) is 287 cm³/mol. The number of ether oxygens (including phenoxy) is 4. The number of imidazole rings is 1. The number of pyridine rings is 1. The van der Waals surface area contributed by atoms with Crippen molar-refractivity contribution in [2.75, 3.05) is 27.9 Å². The molecule has 7 heteroatoms. The Morgan fingerprint density at radius 3 is 1.46 bits per heavy atom. The standard InChI is InChI=1S/2C10H14O.C9H13NO.C9H18.C9H12.C7H14O.C6H10N2/c1-8(2)9-4-6-10(11-3)7-5-9;1-8(2)9-5-4-6-10(7-9)11-3;1-7(2)8-5-4-6-9(10-8)11-3;2*1-8(2)9-6-4-3-5-7-9;1-6(2)7-4-3-5-8-7;1-5(2)6-3-7-4-8-6/h2*4-8H,1-3H3;4-7H,1-3H3;8-9H,3-7H2,1-2H3;3-8H,1-2H3;6-7H,3-5H2,1-2H3;3-5H,1-2H3,(H,7,8). The molecule has 7 nitrogen and oxygen atoms in total. The van der Waals surface area contributed by atoms with Crippen LogP contribution in [0.3, 0.4) is 0 Å². The number of nitrogens with one attached hydrogen (secondary N) is 1. The van der Waals surface area contributed by atoms with E-state index in [0.29, 0.717) is 41.6 Å². The summed E-state index contributed by atoms with van der Waals surface area (Å²) in [4.78, 5) is 11.2. The number of rotatable bonds is 10. The maximum atomic E-state index is 5.41. The highest BCUT2D eigenvalue weighted by Gasteiger charge is 2.18. The second kappa shape index (κ2) is 35.5. The molecule has 3 aromatic carbocycles. The zero-order chi connectivity index (χ0) is 50.1. The van der Waals surface area contributed by atoms with E-state index in [1.54, 1.807) is 27.7 Å². The molecule has 5 aromatic rings. The third-order valence-electron chi connectivity index (χ3n) is 12.0. The van der Waals surface area contributed by atoms with E-state index in [1.165, 1.54) is 67.3 Å². The highest BCUT2D eigenvalue weighted by Crippen LogP contribution is 2.29. The highest BCUT2D eigenvalue weighted by atomic mass is 16.5. The lowest BCUT2D eigenvalue weighted by Crippen LogP contribution is -2.12. The second-order valence-electron chi connectivity index (χ2n) is 19.8. The first-order valence-corrected chi connectivity index (χ1v) is 25.4. The first-order chi connectivity index (χ1) is 31.9. The lowest BCUT2D eigenvalue weighted by atomic mass is 9.82. The number of benzene rings is 3. The van der Waals surface area contributed by atoms with Gasteiger partial charge in [0.25, 0.3) is 0 Å². The fourth-order valence-electron chi connectivity index (χ4n) is 7.20. The van der Waals surface area contributed by atoms with Gasteiger partial charge in [-0.15, -0.1) is 0 Å². The minimum Gasteiger partial charge on any atom is -0.497 e. The maximum absolute atomic E-state index is 5.41. The molecule has 1 saturated heterocycles. The molecule has 1 aliphatic heterocycles. The fraction of sp³-hybridized carbons (Fsp3) is 0.567. The molecular formula is C60H95N3O4. The molecule has 0 bridgehead atoms. The summed E-state index contributed by atoms with van der Waals surface area (Å²) < 4.78 is 20.6. The van der Waals surface area contributed by atoms with Crippen LogP contribution in [0.5, 0.6) is 17.4 Å². The Balaban J connectivity index is 0.000000392. The molecular weight excluding hydrogens is 827 g/mol. The van der Waals surface area contributed by atoms with E-state index >= 15 is 0 Å². The van der Waals surface area contributed by atoms with E-state index in [4.69, 9.17) is 18.9 Å². The van der Waals surface area contributed by atoms with Gasteiger partial charge in [-0.05, 0) is 107 Å². The number of nitrogens with zero attached hydrogens (tertiary/aromatic N) is 2. The highest BCUT2D eigenvalue weighted by molar-refractivity contribution is 5.30. The molecule has 1 atom stereocenters. The number of methoxy groups -OCH3 is 3. The van der Waals surface area contributed by atoms with Gasteiger partial charge in [-0.2, -0.15) is 0 Å². The van der Waals surface area contributed by atoms with Crippen LogP contribution in [0.15, 0.2) is 110 Å². The van der Waals surface area contributed by atoms with Gasteiger partial charge in [-0.3, -0.25) is 0 Å². The van der Waals surface area contributed by atoms with Gasteiger partial charge in [0.1, 0.15) is 11.5 Å². The summed E-state index contributed by atoms with van der Waals surface area (Å²) in [5.41, 5.74) is 6.36. The summed E-state index contributed by atoms with van der Waals surface area (Å²) in [5, 5.41) is 0. The van der Waals surface area contributed by atoms with Gasteiger partial charge in [0.2, 0.25) is 5.88 Å². The summed E-state index contributed by atoms with van der Waals surface area (Å²) >= 11 is 0. The molecule has 7 rings (SSSR count). The van der Waals surface area contributed by atoms with Crippen molar-refractivity contribution in [3.63, 3.8) is 0 Å². The molecule has 0 radical (unpaired) electrons. The third kappa shape index (κ3) is 27.1. The molecule has 3 heterocycles. The second-order valence-corrected chi connectivity index (χ2v) is 19.8. The monoisotopic (exact) mass is 922 g/mol. The third-order valence-corrected chi connectivity index (χ3v) is 12.0. The van der Waals surface area contributed by atoms with Crippen LogP contribution in [0, 0.1) is 17.8 Å². The predicted octanol–water partition coefficient (Wildman–Crippen LogP) is 17.2. The molecule has 1 N–H and O–H groups in total. The Morgan fingerprint density at radius 1 is 0.507 bits per heavy atom. The first-order valence-electron chi connectivity index (χ1n) is 25.4. The van der Waals surface area contributed by atoms with Crippen molar-refractivity contribution in [3.8, 4) is 17.4 Å². The van der Waals surface area contributed by atoms with E-state index in [-0.39, 0.29) is 0 Å². The Bertz CT molecular complexity index is 1820. The van der Waals surface area contributed by atoms with E-state index in [9.17, 15) is 0 Å². The average Bonchev–Trinajstić information content (AvgIpc) is 4.11. The lowest BCUT2D eigenvalue weighted by molar-refractivity contribution is 0.0758. The number of hydrogen-bond donors (Lipinski definition) is 1. The minimum atomic E-state index is 0.463. The normalized spacial score (nSPS) is 14.2. The van der Waals surface area contributed by atoms with E-state index in [0.717, 1.165) is 41.6 Å². The van der Waals surface area contributed by atoms with Crippen LogP contribution in [-0.2, 0) is 4.74 Å². The molecule has 1 saturated carbocycles. The van der Waals surface area contributed by atoms with Crippen LogP contribution < -0.4 is 14.2 Å². The molecule has 2 aromatic heterocycles. The zero-order valence-corrected chi connectivity index (χ0v) is 45.3. The molecule has 0 amide bonds. The van der Waals surface area contributed by atoms with E-state index < -0.39 is 0 Å². The van der Waals surface area contributed by atoms with Crippen molar-refractivity contribution in [1.29, 1.82) is 0 Å². The van der Waals surface area contributed by atoms with Gasteiger partial charge < -0.3 is 23.9 Å². The van der Waals surface area contributed by atoms with Crippen LogP contribution in [0.1, 0.15) is 200 Å². The van der Waals surface area contributed by atoms with E-state index in [1.807, 2.05) is 54.7 Å². The maximum Gasteiger partial charge on any atom is 0.213 e. The largest absolute Gasteiger partial charge is 0.497 e. The quantitative estimate of drug-likeness (QED) is 0.150. The van der Waals surface area contributed by atoms with Crippen molar-refractivity contribution >= 4 is 0 Å². The molecule has 67 heavy (non-hydrogen) atoms. The summed E-state index contributed by atoms with van der Waals surface area (Å²) in [6, 6.07) is 32.7. The summed E-state index contributed by atoms with van der Waals surface area (Å²) in [6.45, 7) is 31.8. The van der Waals surface area contributed by atoms with Crippen molar-refractivity contribution in [1.82, 2.24) is 15.0 Å². The van der Waals surface area contributed by atoms with Crippen LogP contribution in [0.25, 0.3) is 0 Å².